The van der Waals surface area contributed by atoms with Crippen molar-refractivity contribution in [3.63, 3.8) is 0 Å². The molecule has 0 spiro atoms. The molecule has 2 unspecified atom stereocenters. The minimum atomic E-state index is -1.42. The summed E-state index contributed by atoms with van der Waals surface area (Å²) >= 11 is 0. The van der Waals surface area contributed by atoms with Crippen LogP contribution in [0.4, 0.5) is 4.79 Å². The van der Waals surface area contributed by atoms with Crippen molar-refractivity contribution in [3.05, 3.63) is 71.4 Å². The van der Waals surface area contributed by atoms with E-state index in [1.54, 1.807) is 38.1 Å². The molecule has 0 saturated heterocycles. The monoisotopic (exact) mass is 506 g/mol. The fourth-order valence-electron chi connectivity index (χ4n) is 4.84. The molecule has 1 aliphatic rings. The Morgan fingerprint density at radius 1 is 1.03 bits per heavy atom. The van der Waals surface area contributed by atoms with Gasteiger partial charge in [-0.3, -0.25) is 19.3 Å². The van der Waals surface area contributed by atoms with E-state index in [1.165, 1.54) is 0 Å². The predicted molar refractivity (Wildman–Crippen MR) is 136 cm³/mol. The van der Waals surface area contributed by atoms with E-state index in [9.17, 15) is 24.3 Å². The Morgan fingerprint density at radius 3 is 2.38 bits per heavy atom. The van der Waals surface area contributed by atoms with Gasteiger partial charge < -0.3 is 25.8 Å². The fraction of sp³-hybridized carbons (Fsp3) is 0.333. The predicted octanol–water partition coefficient (Wildman–Crippen LogP) is 2.98. The third-order valence-electron chi connectivity index (χ3n) is 7.06. The molecule has 4 rings (SSSR count). The standard InChI is InChI=1S/C27H30N4O6/c1-26(17-8-4-3-5-9-17,16-28-22(32)12-13-23(33)34)30-24(35)27(2)14-19-18-10-6-7-11-20(18)29-21(19)15-31(27)25(36)37/h3-11,29H,12-16H2,1-2H3,(H,28,32)(H,30,35)(H,33,34)(H,36,37). The number of benzene rings is 2. The van der Waals surface area contributed by atoms with E-state index in [4.69, 9.17) is 5.11 Å². The van der Waals surface area contributed by atoms with Crippen LogP contribution in [-0.2, 0) is 32.9 Å². The molecule has 0 fully saturated rings. The number of fused-ring (bicyclic) bond motifs is 3. The molecule has 10 nitrogen and oxygen atoms in total. The lowest BCUT2D eigenvalue weighted by molar-refractivity contribution is -0.138. The summed E-state index contributed by atoms with van der Waals surface area (Å²) < 4.78 is 0. The van der Waals surface area contributed by atoms with E-state index < -0.39 is 35.0 Å². The van der Waals surface area contributed by atoms with Crippen LogP contribution >= 0.6 is 0 Å². The van der Waals surface area contributed by atoms with Gasteiger partial charge in [0.1, 0.15) is 5.54 Å². The molecule has 0 radical (unpaired) electrons. The average Bonchev–Trinajstić information content (AvgIpc) is 3.23. The van der Waals surface area contributed by atoms with Gasteiger partial charge in [0.15, 0.2) is 0 Å². The second-order valence-electron chi connectivity index (χ2n) is 9.77. The van der Waals surface area contributed by atoms with Crippen molar-refractivity contribution >= 4 is 34.8 Å². The highest BCUT2D eigenvalue weighted by atomic mass is 16.4. The Kier molecular flexibility index (Phi) is 6.93. The molecule has 37 heavy (non-hydrogen) atoms. The molecule has 1 aliphatic heterocycles. The van der Waals surface area contributed by atoms with Gasteiger partial charge in [0.2, 0.25) is 11.8 Å². The maximum atomic E-state index is 13.9. The molecule has 2 aromatic carbocycles. The average molecular weight is 507 g/mol. The van der Waals surface area contributed by atoms with Crippen LogP contribution in [0.5, 0.6) is 0 Å². The lowest BCUT2D eigenvalue weighted by atomic mass is 9.83. The number of carboxylic acid groups (broad SMARTS) is 2. The molecule has 194 valence electrons. The summed E-state index contributed by atoms with van der Waals surface area (Å²) in [6.45, 7) is 3.37. The smallest absolute Gasteiger partial charge is 0.408 e. The third-order valence-corrected chi connectivity index (χ3v) is 7.06. The zero-order valence-corrected chi connectivity index (χ0v) is 20.7. The van der Waals surface area contributed by atoms with E-state index in [1.807, 2.05) is 30.3 Å². The van der Waals surface area contributed by atoms with Gasteiger partial charge in [0.05, 0.1) is 18.5 Å². The largest absolute Gasteiger partial charge is 0.481 e. The molecule has 0 aliphatic carbocycles. The van der Waals surface area contributed by atoms with Crippen molar-refractivity contribution in [3.8, 4) is 0 Å². The Balaban J connectivity index is 1.64. The van der Waals surface area contributed by atoms with E-state index in [2.05, 4.69) is 15.6 Å². The zero-order valence-electron chi connectivity index (χ0n) is 20.7. The molecular formula is C27H30N4O6. The van der Waals surface area contributed by atoms with Crippen LogP contribution in [0.15, 0.2) is 54.6 Å². The highest BCUT2D eigenvalue weighted by Gasteiger charge is 2.48. The summed E-state index contributed by atoms with van der Waals surface area (Å²) in [4.78, 5) is 53.8. The lowest BCUT2D eigenvalue weighted by Crippen LogP contribution is -2.65. The number of aliphatic carboxylic acids is 1. The minimum absolute atomic E-state index is 0.0112. The van der Waals surface area contributed by atoms with Crippen LogP contribution in [0, 0.1) is 0 Å². The normalized spacial score (nSPS) is 18.5. The van der Waals surface area contributed by atoms with Gasteiger partial charge in [0.25, 0.3) is 0 Å². The third kappa shape index (κ3) is 5.13. The van der Waals surface area contributed by atoms with Gasteiger partial charge >= 0.3 is 12.1 Å². The number of hydrogen-bond acceptors (Lipinski definition) is 4. The number of rotatable bonds is 8. The number of carboxylic acids is 1. The number of nitrogens with one attached hydrogen (secondary N) is 3. The van der Waals surface area contributed by atoms with Crippen LogP contribution in [0.3, 0.4) is 0 Å². The number of aromatic nitrogens is 1. The van der Waals surface area contributed by atoms with Gasteiger partial charge in [0, 0.05) is 36.0 Å². The summed E-state index contributed by atoms with van der Waals surface area (Å²) in [7, 11) is 0. The molecule has 10 heteroatoms. The Morgan fingerprint density at radius 2 is 1.70 bits per heavy atom. The first-order valence-electron chi connectivity index (χ1n) is 12.0. The summed E-state index contributed by atoms with van der Waals surface area (Å²) in [5.74, 6) is -2.04. The summed E-state index contributed by atoms with van der Waals surface area (Å²) in [6.07, 6.45) is -1.55. The maximum Gasteiger partial charge on any atom is 0.408 e. The van der Waals surface area contributed by atoms with Crippen molar-refractivity contribution in [2.75, 3.05) is 6.54 Å². The van der Waals surface area contributed by atoms with E-state index in [-0.39, 0.29) is 32.4 Å². The van der Waals surface area contributed by atoms with Gasteiger partial charge in [-0.1, -0.05) is 48.5 Å². The van der Waals surface area contributed by atoms with Crippen molar-refractivity contribution < 1.29 is 29.4 Å². The molecule has 0 bridgehead atoms. The molecule has 3 amide bonds. The molecule has 5 N–H and O–H groups in total. The van der Waals surface area contributed by atoms with Crippen LogP contribution < -0.4 is 10.6 Å². The van der Waals surface area contributed by atoms with Gasteiger partial charge in [-0.15, -0.1) is 0 Å². The number of nitrogens with zero attached hydrogens (tertiary/aromatic N) is 1. The summed E-state index contributed by atoms with van der Waals surface area (Å²) in [6, 6.07) is 16.7. The minimum Gasteiger partial charge on any atom is -0.481 e. The first-order chi connectivity index (χ1) is 17.5. The zero-order chi connectivity index (χ0) is 26.8. The number of carbonyl (C=O) groups is 4. The molecular weight excluding hydrogens is 476 g/mol. The second kappa shape index (κ2) is 9.96. The van der Waals surface area contributed by atoms with Gasteiger partial charge in [-0.25, -0.2) is 4.79 Å². The highest BCUT2D eigenvalue weighted by Crippen LogP contribution is 2.36. The van der Waals surface area contributed by atoms with Gasteiger partial charge in [-0.05, 0) is 31.0 Å². The molecule has 1 aromatic heterocycles. The maximum absolute atomic E-state index is 13.9. The quantitative estimate of drug-likeness (QED) is 0.317. The number of aromatic amines is 1. The lowest BCUT2D eigenvalue weighted by Gasteiger charge is -2.44. The summed E-state index contributed by atoms with van der Waals surface area (Å²) in [5, 5.41) is 25.6. The van der Waals surface area contributed by atoms with Crippen molar-refractivity contribution in [2.24, 2.45) is 0 Å². The van der Waals surface area contributed by atoms with Crippen molar-refractivity contribution in [1.29, 1.82) is 0 Å². The van der Waals surface area contributed by atoms with Crippen LogP contribution in [0.1, 0.15) is 43.5 Å². The van der Waals surface area contributed by atoms with E-state index in [0.29, 0.717) is 5.56 Å². The van der Waals surface area contributed by atoms with Crippen molar-refractivity contribution in [2.45, 2.75) is 50.7 Å². The molecule has 2 atom stereocenters. The number of hydrogen-bond donors (Lipinski definition) is 5. The second-order valence-corrected chi connectivity index (χ2v) is 9.77. The number of amides is 3. The van der Waals surface area contributed by atoms with Crippen molar-refractivity contribution in [1.82, 2.24) is 20.5 Å². The highest BCUT2D eigenvalue weighted by molar-refractivity contribution is 5.93. The van der Waals surface area contributed by atoms with Crippen LogP contribution in [0.2, 0.25) is 0 Å². The van der Waals surface area contributed by atoms with E-state index >= 15 is 0 Å². The van der Waals surface area contributed by atoms with E-state index in [0.717, 1.165) is 27.1 Å². The van der Waals surface area contributed by atoms with Crippen LogP contribution in [0.25, 0.3) is 10.9 Å². The SMILES string of the molecule is CC(CNC(=O)CCC(=O)O)(NC(=O)C1(C)Cc2c([nH]c3ccccc23)CN1C(=O)O)c1ccccc1. The summed E-state index contributed by atoms with van der Waals surface area (Å²) in [5.41, 5.74) is 0.717. The number of H-pyrrole nitrogens is 1. The first-order valence-corrected chi connectivity index (χ1v) is 12.0. The van der Waals surface area contributed by atoms with Gasteiger partial charge in [-0.2, -0.15) is 0 Å². The number of para-hydroxylation sites is 1. The Hall–Kier alpha value is -4.34. The molecule has 0 saturated carbocycles. The Bertz CT molecular complexity index is 1350. The molecule has 3 aromatic rings. The molecule has 2 heterocycles. The van der Waals surface area contributed by atoms with Crippen LogP contribution in [-0.4, -0.2) is 56.1 Å². The fourth-order valence-corrected chi connectivity index (χ4v) is 4.84. The first kappa shape index (κ1) is 25.7. The Labute approximate surface area is 213 Å². The number of carbonyl (C=O) groups excluding carboxylic acids is 2. The topological polar surface area (TPSA) is 152 Å².